The SMILES string of the molecule is CC(C)n1cc(CNC2CC2)c2cc(F)ccc21. The summed E-state index contributed by atoms with van der Waals surface area (Å²) in [7, 11) is 0. The van der Waals surface area contributed by atoms with Crippen molar-refractivity contribution >= 4 is 10.9 Å². The van der Waals surface area contributed by atoms with Crippen LogP contribution >= 0.6 is 0 Å². The Bertz CT molecular complexity index is 567. The summed E-state index contributed by atoms with van der Waals surface area (Å²) in [5.41, 5.74) is 2.32. The lowest BCUT2D eigenvalue weighted by Crippen LogP contribution is -2.15. The van der Waals surface area contributed by atoms with Gasteiger partial charge in [0, 0.05) is 35.7 Å². The number of fused-ring (bicyclic) bond motifs is 1. The van der Waals surface area contributed by atoms with Crippen LogP contribution in [0.15, 0.2) is 24.4 Å². The zero-order chi connectivity index (χ0) is 12.7. The number of hydrogen-bond acceptors (Lipinski definition) is 1. The smallest absolute Gasteiger partial charge is 0.123 e. The Kier molecular flexibility index (Phi) is 2.86. The van der Waals surface area contributed by atoms with E-state index in [-0.39, 0.29) is 5.82 Å². The third-order valence-electron chi connectivity index (χ3n) is 3.59. The van der Waals surface area contributed by atoms with Crippen molar-refractivity contribution in [1.82, 2.24) is 9.88 Å². The average molecular weight is 246 g/mol. The standard InChI is InChI=1S/C15H19FN2/c1-10(2)18-9-11(8-17-13-4-5-13)14-7-12(16)3-6-15(14)18/h3,6-7,9-10,13,17H,4-5,8H2,1-2H3. The summed E-state index contributed by atoms with van der Waals surface area (Å²) in [4.78, 5) is 0. The molecule has 0 amide bonds. The molecule has 0 radical (unpaired) electrons. The summed E-state index contributed by atoms with van der Waals surface area (Å²) in [6.07, 6.45) is 4.71. The number of nitrogens with zero attached hydrogens (tertiary/aromatic N) is 1. The number of rotatable bonds is 4. The average Bonchev–Trinajstić information content (AvgIpc) is 3.08. The van der Waals surface area contributed by atoms with Crippen molar-refractivity contribution < 1.29 is 4.39 Å². The van der Waals surface area contributed by atoms with Crippen LogP contribution in [0.25, 0.3) is 10.9 Å². The Morgan fingerprint density at radius 3 is 2.83 bits per heavy atom. The van der Waals surface area contributed by atoms with Crippen molar-refractivity contribution in [3.63, 3.8) is 0 Å². The van der Waals surface area contributed by atoms with Crippen LogP contribution in [0.5, 0.6) is 0 Å². The molecule has 1 aromatic heterocycles. The highest BCUT2D eigenvalue weighted by atomic mass is 19.1. The number of aromatic nitrogens is 1. The molecule has 0 atom stereocenters. The van der Waals surface area contributed by atoms with E-state index in [1.165, 1.54) is 18.4 Å². The maximum absolute atomic E-state index is 13.4. The highest BCUT2D eigenvalue weighted by Gasteiger charge is 2.21. The van der Waals surface area contributed by atoms with Gasteiger partial charge < -0.3 is 9.88 Å². The molecule has 96 valence electrons. The Balaban J connectivity index is 2.02. The molecule has 0 unspecified atom stereocenters. The molecule has 1 aliphatic rings. The molecule has 1 aliphatic carbocycles. The predicted molar refractivity (Wildman–Crippen MR) is 72.1 cm³/mol. The Labute approximate surface area is 107 Å². The zero-order valence-electron chi connectivity index (χ0n) is 10.9. The second kappa shape index (κ2) is 4.39. The largest absolute Gasteiger partial charge is 0.345 e. The number of hydrogen-bond donors (Lipinski definition) is 1. The number of halogens is 1. The first-order valence-corrected chi connectivity index (χ1v) is 6.67. The molecule has 0 spiro atoms. The minimum Gasteiger partial charge on any atom is -0.345 e. The van der Waals surface area contributed by atoms with E-state index in [1.54, 1.807) is 12.1 Å². The molecule has 18 heavy (non-hydrogen) atoms. The van der Waals surface area contributed by atoms with Crippen molar-refractivity contribution in [2.75, 3.05) is 0 Å². The van der Waals surface area contributed by atoms with Gasteiger partial charge in [-0.15, -0.1) is 0 Å². The van der Waals surface area contributed by atoms with E-state index >= 15 is 0 Å². The minimum atomic E-state index is -0.156. The fourth-order valence-corrected chi connectivity index (χ4v) is 2.41. The van der Waals surface area contributed by atoms with E-state index in [4.69, 9.17) is 0 Å². The van der Waals surface area contributed by atoms with Gasteiger partial charge in [0.15, 0.2) is 0 Å². The molecule has 3 heteroatoms. The van der Waals surface area contributed by atoms with Gasteiger partial charge in [0.1, 0.15) is 5.82 Å². The van der Waals surface area contributed by atoms with Crippen molar-refractivity contribution in [3.05, 3.63) is 35.8 Å². The summed E-state index contributed by atoms with van der Waals surface area (Å²) in [5, 5.41) is 4.54. The van der Waals surface area contributed by atoms with E-state index < -0.39 is 0 Å². The molecule has 1 saturated carbocycles. The molecule has 2 aromatic rings. The zero-order valence-corrected chi connectivity index (χ0v) is 10.9. The van der Waals surface area contributed by atoms with Crippen molar-refractivity contribution in [1.29, 1.82) is 0 Å². The maximum Gasteiger partial charge on any atom is 0.123 e. The summed E-state index contributed by atoms with van der Waals surface area (Å²) in [6.45, 7) is 5.14. The second-order valence-electron chi connectivity index (χ2n) is 5.47. The van der Waals surface area contributed by atoms with Crippen LogP contribution in [-0.4, -0.2) is 10.6 Å². The summed E-state index contributed by atoms with van der Waals surface area (Å²) in [5.74, 6) is -0.156. The van der Waals surface area contributed by atoms with Crippen LogP contribution in [0, 0.1) is 5.82 Å². The van der Waals surface area contributed by atoms with Gasteiger partial charge >= 0.3 is 0 Å². The molecule has 0 bridgehead atoms. The molecule has 1 N–H and O–H groups in total. The lowest BCUT2D eigenvalue weighted by molar-refractivity contribution is 0.614. The molecule has 1 aromatic carbocycles. The molecule has 1 fully saturated rings. The van der Waals surface area contributed by atoms with Gasteiger partial charge in [-0.2, -0.15) is 0 Å². The molecular formula is C15H19FN2. The minimum absolute atomic E-state index is 0.156. The van der Waals surface area contributed by atoms with E-state index in [0.29, 0.717) is 12.1 Å². The lowest BCUT2D eigenvalue weighted by atomic mass is 10.1. The molecule has 0 aliphatic heterocycles. The monoisotopic (exact) mass is 246 g/mol. The van der Waals surface area contributed by atoms with E-state index in [2.05, 4.69) is 29.9 Å². The quantitative estimate of drug-likeness (QED) is 0.872. The fraction of sp³-hybridized carbons (Fsp3) is 0.467. The van der Waals surface area contributed by atoms with Gasteiger partial charge in [0.05, 0.1) is 0 Å². The van der Waals surface area contributed by atoms with Crippen LogP contribution < -0.4 is 5.32 Å². The molecular weight excluding hydrogens is 227 g/mol. The molecule has 0 saturated heterocycles. The van der Waals surface area contributed by atoms with E-state index in [0.717, 1.165) is 17.4 Å². The van der Waals surface area contributed by atoms with Crippen molar-refractivity contribution in [2.24, 2.45) is 0 Å². The summed E-state index contributed by atoms with van der Waals surface area (Å²) >= 11 is 0. The van der Waals surface area contributed by atoms with Crippen molar-refractivity contribution in [2.45, 2.75) is 45.3 Å². The summed E-state index contributed by atoms with van der Waals surface area (Å²) in [6, 6.07) is 6.14. The van der Waals surface area contributed by atoms with E-state index in [9.17, 15) is 4.39 Å². The predicted octanol–water partition coefficient (Wildman–Crippen LogP) is 3.61. The van der Waals surface area contributed by atoms with Crippen LogP contribution in [0.1, 0.15) is 38.3 Å². The van der Waals surface area contributed by atoms with Gasteiger partial charge in [-0.3, -0.25) is 0 Å². The third-order valence-corrected chi connectivity index (χ3v) is 3.59. The highest BCUT2D eigenvalue weighted by Crippen LogP contribution is 2.27. The number of benzene rings is 1. The molecule has 2 nitrogen and oxygen atoms in total. The highest BCUT2D eigenvalue weighted by molar-refractivity contribution is 5.84. The molecule has 1 heterocycles. The van der Waals surface area contributed by atoms with Gasteiger partial charge in [0.2, 0.25) is 0 Å². The van der Waals surface area contributed by atoms with E-state index in [1.807, 2.05) is 6.07 Å². The summed E-state index contributed by atoms with van der Waals surface area (Å²) < 4.78 is 15.6. The third kappa shape index (κ3) is 2.15. The lowest BCUT2D eigenvalue weighted by Gasteiger charge is -2.08. The normalized spacial score (nSPS) is 15.8. The van der Waals surface area contributed by atoms with Gasteiger partial charge in [0.25, 0.3) is 0 Å². The first kappa shape index (κ1) is 11.7. The van der Waals surface area contributed by atoms with Gasteiger partial charge in [-0.25, -0.2) is 4.39 Å². The molecule has 3 rings (SSSR count). The Morgan fingerprint density at radius 1 is 1.39 bits per heavy atom. The van der Waals surface area contributed by atoms with Gasteiger partial charge in [-0.1, -0.05) is 0 Å². The topological polar surface area (TPSA) is 17.0 Å². The number of nitrogens with one attached hydrogen (secondary N) is 1. The maximum atomic E-state index is 13.4. The van der Waals surface area contributed by atoms with Crippen LogP contribution in [0.2, 0.25) is 0 Å². The Morgan fingerprint density at radius 2 is 2.17 bits per heavy atom. The first-order chi connectivity index (χ1) is 8.65. The van der Waals surface area contributed by atoms with Crippen LogP contribution in [0.4, 0.5) is 4.39 Å². The Hall–Kier alpha value is -1.35. The van der Waals surface area contributed by atoms with Gasteiger partial charge in [-0.05, 0) is 50.5 Å². The van der Waals surface area contributed by atoms with Crippen LogP contribution in [-0.2, 0) is 6.54 Å². The fourth-order valence-electron chi connectivity index (χ4n) is 2.41. The van der Waals surface area contributed by atoms with Crippen molar-refractivity contribution in [3.8, 4) is 0 Å². The second-order valence-corrected chi connectivity index (χ2v) is 5.47. The first-order valence-electron chi connectivity index (χ1n) is 6.67. The van der Waals surface area contributed by atoms with Crippen LogP contribution in [0.3, 0.4) is 0 Å².